The molecule has 2 fully saturated rings. The Morgan fingerprint density at radius 1 is 1.19 bits per heavy atom. The lowest BCUT2D eigenvalue weighted by Gasteiger charge is -2.40. The summed E-state index contributed by atoms with van der Waals surface area (Å²) >= 11 is 0. The number of fused-ring (bicyclic) bond motifs is 1. The second kappa shape index (κ2) is 4.10. The SMILES string of the molecule is Cc1ccc(N2CCNC3CCCC32)cc1. The van der Waals surface area contributed by atoms with Gasteiger partial charge < -0.3 is 10.2 Å². The van der Waals surface area contributed by atoms with E-state index in [-0.39, 0.29) is 0 Å². The van der Waals surface area contributed by atoms with Crippen molar-refractivity contribution in [3.05, 3.63) is 29.8 Å². The zero-order chi connectivity index (χ0) is 11.0. The molecule has 2 aliphatic rings. The summed E-state index contributed by atoms with van der Waals surface area (Å²) in [5.74, 6) is 0. The summed E-state index contributed by atoms with van der Waals surface area (Å²) in [5.41, 5.74) is 2.76. The van der Waals surface area contributed by atoms with E-state index in [4.69, 9.17) is 0 Å². The Hall–Kier alpha value is -1.02. The Morgan fingerprint density at radius 2 is 2.00 bits per heavy atom. The minimum atomic E-state index is 0.732. The van der Waals surface area contributed by atoms with E-state index in [1.807, 2.05) is 0 Å². The van der Waals surface area contributed by atoms with Gasteiger partial charge in [0.2, 0.25) is 0 Å². The molecular weight excluding hydrogens is 196 g/mol. The zero-order valence-corrected chi connectivity index (χ0v) is 9.95. The van der Waals surface area contributed by atoms with Crippen LogP contribution in [0.1, 0.15) is 24.8 Å². The first kappa shape index (κ1) is 10.2. The predicted molar refractivity (Wildman–Crippen MR) is 68.0 cm³/mol. The van der Waals surface area contributed by atoms with E-state index < -0.39 is 0 Å². The number of anilines is 1. The molecule has 1 saturated carbocycles. The fourth-order valence-electron chi connectivity index (χ4n) is 3.14. The summed E-state index contributed by atoms with van der Waals surface area (Å²) < 4.78 is 0. The summed E-state index contributed by atoms with van der Waals surface area (Å²) in [4.78, 5) is 2.60. The van der Waals surface area contributed by atoms with Gasteiger partial charge in [-0.05, 0) is 38.3 Å². The molecule has 0 aromatic heterocycles. The van der Waals surface area contributed by atoms with Gasteiger partial charge in [-0.2, -0.15) is 0 Å². The van der Waals surface area contributed by atoms with Crippen LogP contribution in [0, 0.1) is 6.92 Å². The number of piperazine rings is 1. The van der Waals surface area contributed by atoms with E-state index in [1.54, 1.807) is 0 Å². The molecule has 0 radical (unpaired) electrons. The summed E-state index contributed by atoms with van der Waals surface area (Å²) in [6, 6.07) is 10.5. The minimum Gasteiger partial charge on any atom is -0.366 e. The molecule has 1 N–H and O–H groups in total. The maximum absolute atomic E-state index is 3.65. The summed E-state index contributed by atoms with van der Waals surface area (Å²) in [6.45, 7) is 4.44. The molecule has 1 aliphatic heterocycles. The highest BCUT2D eigenvalue weighted by molar-refractivity contribution is 5.49. The van der Waals surface area contributed by atoms with E-state index in [0.29, 0.717) is 0 Å². The van der Waals surface area contributed by atoms with Crippen molar-refractivity contribution in [3.8, 4) is 0 Å². The molecule has 2 atom stereocenters. The molecule has 86 valence electrons. The van der Waals surface area contributed by atoms with Crippen LogP contribution in [0.25, 0.3) is 0 Å². The van der Waals surface area contributed by atoms with E-state index in [0.717, 1.165) is 25.2 Å². The van der Waals surface area contributed by atoms with Crippen molar-refractivity contribution in [2.45, 2.75) is 38.3 Å². The first-order valence-corrected chi connectivity index (χ1v) is 6.41. The number of nitrogens with zero attached hydrogens (tertiary/aromatic N) is 1. The van der Waals surface area contributed by atoms with Gasteiger partial charge in [0.05, 0.1) is 0 Å². The van der Waals surface area contributed by atoms with Gasteiger partial charge in [0.1, 0.15) is 0 Å². The third-order valence-electron chi connectivity index (χ3n) is 4.00. The van der Waals surface area contributed by atoms with E-state index >= 15 is 0 Å². The van der Waals surface area contributed by atoms with Crippen LogP contribution < -0.4 is 10.2 Å². The van der Waals surface area contributed by atoms with Gasteiger partial charge in [-0.3, -0.25) is 0 Å². The number of nitrogens with one attached hydrogen (secondary N) is 1. The molecule has 1 saturated heterocycles. The van der Waals surface area contributed by atoms with E-state index in [1.165, 1.54) is 30.5 Å². The van der Waals surface area contributed by atoms with Crippen molar-refractivity contribution in [3.63, 3.8) is 0 Å². The normalized spacial score (nSPS) is 29.2. The Morgan fingerprint density at radius 3 is 2.81 bits per heavy atom. The second-order valence-electron chi connectivity index (χ2n) is 5.09. The molecule has 0 amide bonds. The largest absolute Gasteiger partial charge is 0.366 e. The van der Waals surface area contributed by atoms with E-state index in [9.17, 15) is 0 Å². The highest BCUT2D eigenvalue weighted by atomic mass is 15.2. The lowest BCUT2D eigenvalue weighted by Crippen LogP contribution is -2.55. The van der Waals surface area contributed by atoms with Gasteiger partial charge in [0.25, 0.3) is 0 Å². The third kappa shape index (κ3) is 1.71. The Balaban J connectivity index is 1.85. The number of aryl methyl sites for hydroxylation is 1. The Kier molecular flexibility index (Phi) is 2.60. The standard InChI is InChI=1S/C14H20N2/c1-11-5-7-12(8-6-11)16-10-9-15-13-3-2-4-14(13)16/h5-8,13-15H,2-4,9-10H2,1H3. The van der Waals surface area contributed by atoms with Gasteiger partial charge in [0.15, 0.2) is 0 Å². The maximum atomic E-state index is 3.65. The molecule has 3 rings (SSSR count). The molecule has 1 aromatic carbocycles. The summed E-state index contributed by atoms with van der Waals surface area (Å²) in [5, 5.41) is 3.65. The zero-order valence-electron chi connectivity index (χ0n) is 9.95. The fourth-order valence-corrected chi connectivity index (χ4v) is 3.14. The fraction of sp³-hybridized carbons (Fsp3) is 0.571. The van der Waals surface area contributed by atoms with Crippen LogP contribution in [0.4, 0.5) is 5.69 Å². The van der Waals surface area contributed by atoms with Gasteiger partial charge in [-0.25, -0.2) is 0 Å². The first-order valence-electron chi connectivity index (χ1n) is 6.41. The van der Waals surface area contributed by atoms with Gasteiger partial charge >= 0.3 is 0 Å². The highest BCUT2D eigenvalue weighted by Crippen LogP contribution is 2.30. The number of hydrogen-bond donors (Lipinski definition) is 1. The molecule has 2 heteroatoms. The summed E-state index contributed by atoms with van der Waals surface area (Å²) in [6.07, 6.45) is 4.09. The lowest BCUT2D eigenvalue weighted by atomic mass is 10.1. The van der Waals surface area contributed by atoms with E-state index in [2.05, 4.69) is 41.4 Å². The van der Waals surface area contributed by atoms with Crippen molar-refractivity contribution in [1.29, 1.82) is 0 Å². The Labute approximate surface area is 97.6 Å². The van der Waals surface area contributed by atoms with Gasteiger partial charge in [-0.1, -0.05) is 17.7 Å². The number of benzene rings is 1. The van der Waals surface area contributed by atoms with Crippen LogP contribution in [0.15, 0.2) is 24.3 Å². The number of hydrogen-bond acceptors (Lipinski definition) is 2. The Bertz CT molecular complexity index is 358. The minimum absolute atomic E-state index is 0.732. The molecule has 0 spiro atoms. The maximum Gasteiger partial charge on any atom is 0.0443 e. The molecule has 1 aliphatic carbocycles. The van der Waals surface area contributed by atoms with Gasteiger partial charge in [0, 0.05) is 30.9 Å². The molecule has 2 unspecified atom stereocenters. The second-order valence-corrected chi connectivity index (χ2v) is 5.09. The van der Waals surface area contributed by atoms with Crippen LogP contribution in [0.2, 0.25) is 0 Å². The van der Waals surface area contributed by atoms with Crippen LogP contribution in [-0.2, 0) is 0 Å². The average molecular weight is 216 g/mol. The molecular formula is C14H20N2. The first-order chi connectivity index (χ1) is 7.84. The molecule has 2 nitrogen and oxygen atoms in total. The smallest absolute Gasteiger partial charge is 0.0443 e. The van der Waals surface area contributed by atoms with Crippen molar-refractivity contribution >= 4 is 5.69 Å². The number of rotatable bonds is 1. The van der Waals surface area contributed by atoms with Crippen LogP contribution in [-0.4, -0.2) is 25.2 Å². The lowest BCUT2D eigenvalue weighted by molar-refractivity contribution is 0.404. The molecule has 16 heavy (non-hydrogen) atoms. The molecule has 0 bridgehead atoms. The highest BCUT2D eigenvalue weighted by Gasteiger charge is 2.34. The van der Waals surface area contributed by atoms with Crippen LogP contribution in [0.3, 0.4) is 0 Å². The van der Waals surface area contributed by atoms with Crippen molar-refractivity contribution in [2.24, 2.45) is 0 Å². The third-order valence-corrected chi connectivity index (χ3v) is 4.00. The molecule has 1 aromatic rings. The quantitative estimate of drug-likeness (QED) is 0.775. The molecule has 1 heterocycles. The summed E-state index contributed by atoms with van der Waals surface area (Å²) in [7, 11) is 0. The van der Waals surface area contributed by atoms with Crippen LogP contribution in [0.5, 0.6) is 0 Å². The van der Waals surface area contributed by atoms with Gasteiger partial charge in [-0.15, -0.1) is 0 Å². The van der Waals surface area contributed by atoms with Crippen molar-refractivity contribution in [1.82, 2.24) is 5.32 Å². The topological polar surface area (TPSA) is 15.3 Å². The predicted octanol–water partition coefficient (Wildman–Crippen LogP) is 2.33. The van der Waals surface area contributed by atoms with Crippen LogP contribution >= 0.6 is 0 Å². The van der Waals surface area contributed by atoms with Crippen molar-refractivity contribution in [2.75, 3.05) is 18.0 Å². The average Bonchev–Trinajstić information content (AvgIpc) is 2.78. The van der Waals surface area contributed by atoms with Crippen molar-refractivity contribution < 1.29 is 0 Å². The monoisotopic (exact) mass is 216 g/mol.